The van der Waals surface area contributed by atoms with E-state index in [2.05, 4.69) is 4.98 Å². The van der Waals surface area contributed by atoms with Crippen molar-refractivity contribution in [3.8, 4) is 11.5 Å². The first-order valence-corrected chi connectivity index (χ1v) is 6.41. The smallest absolute Gasteiger partial charge is 0.339 e. The Morgan fingerprint density at radius 1 is 1.27 bits per heavy atom. The Labute approximate surface area is 127 Å². The molecule has 0 aliphatic rings. The molecule has 0 unspecified atom stereocenters. The van der Waals surface area contributed by atoms with E-state index in [0.29, 0.717) is 10.6 Å². The molecule has 8 heteroatoms. The summed E-state index contributed by atoms with van der Waals surface area (Å²) in [5.41, 5.74) is 0.0111. The summed E-state index contributed by atoms with van der Waals surface area (Å²) in [4.78, 5) is 25.6. The predicted molar refractivity (Wildman–Crippen MR) is 78.1 cm³/mol. The molecule has 22 heavy (non-hydrogen) atoms. The molecule has 0 atom stereocenters. The Balaban J connectivity index is 2.24. The second kappa shape index (κ2) is 5.12. The lowest BCUT2D eigenvalue weighted by molar-refractivity contribution is -0.384. The van der Waals surface area contributed by atoms with Crippen LogP contribution >= 0.6 is 11.6 Å². The van der Waals surface area contributed by atoms with Crippen LogP contribution < -0.4 is 0 Å². The van der Waals surface area contributed by atoms with Crippen molar-refractivity contribution in [2.75, 3.05) is 0 Å². The number of hydrogen-bond donors (Lipinski definition) is 1. The maximum atomic E-state index is 11.3. The summed E-state index contributed by atoms with van der Waals surface area (Å²) >= 11 is 5.80. The fourth-order valence-corrected chi connectivity index (χ4v) is 2.12. The number of carbonyl (C=O) groups is 1. The third kappa shape index (κ3) is 2.38. The Morgan fingerprint density at radius 2 is 1.95 bits per heavy atom. The van der Waals surface area contributed by atoms with E-state index >= 15 is 0 Å². The van der Waals surface area contributed by atoms with Crippen LogP contribution in [-0.2, 0) is 0 Å². The van der Waals surface area contributed by atoms with Gasteiger partial charge in [0.25, 0.3) is 5.69 Å². The standard InChI is InChI=1S/C14H7ClN2O5/c15-8-3-1-7(2-4-8)13-16-11-6-9(17(20)21)5-10(14(18)19)12(11)22-13/h1-6H,(H,18,19). The van der Waals surface area contributed by atoms with Crippen LogP contribution in [0.1, 0.15) is 10.4 Å². The quantitative estimate of drug-likeness (QED) is 0.582. The number of oxazole rings is 1. The molecule has 0 radical (unpaired) electrons. The third-order valence-electron chi connectivity index (χ3n) is 3.01. The zero-order valence-electron chi connectivity index (χ0n) is 10.8. The second-order valence-corrected chi connectivity index (χ2v) is 4.87. The molecule has 0 bridgehead atoms. The summed E-state index contributed by atoms with van der Waals surface area (Å²) in [7, 11) is 0. The minimum absolute atomic E-state index is 0.0111. The monoisotopic (exact) mass is 318 g/mol. The van der Waals surface area contributed by atoms with Crippen LogP contribution in [-0.4, -0.2) is 21.0 Å². The van der Waals surface area contributed by atoms with Crippen LogP contribution in [0.25, 0.3) is 22.6 Å². The van der Waals surface area contributed by atoms with E-state index in [0.717, 1.165) is 6.07 Å². The van der Waals surface area contributed by atoms with Crippen molar-refractivity contribution in [2.45, 2.75) is 0 Å². The molecular formula is C14H7ClN2O5. The van der Waals surface area contributed by atoms with Gasteiger partial charge in [-0.2, -0.15) is 0 Å². The van der Waals surface area contributed by atoms with Gasteiger partial charge in [0.1, 0.15) is 11.1 Å². The molecule has 0 saturated carbocycles. The third-order valence-corrected chi connectivity index (χ3v) is 3.26. The highest BCUT2D eigenvalue weighted by Gasteiger charge is 2.21. The number of non-ortho nitro benzene ring substituents is 1. The van der Waals surface area contributed by atoms with E-state index in [-0.39, 0.29) is 28.2 Å². The van der Waals surface area contributed by atoms with Gasteiger partial charge in [0, 0.05) is 22.7 Å². The number of nitro groups is 1. The number of nitrogens with zero attached hydrogens (tertiary/aromatic N) is 2. The topological polar surface area (TPSA) is 106 Å². The number of aromatic carboxylic acids is 1. The van der Waals surface area contributed by atoms with E-state index in [9.17, 15) is 20.0 Å². The summed E-state index contributed by atoms with van der Waals surface area (Å²) in [5, 5.41) is 20.6. The van der Waals surface area contributed by atoms with Crippen molar-refractivity contribution in [1.29, 1.82) is 0 Å². The normalized spacial score (nSPS) is 10.8. The van der Waals surface area contributed by atoms with Crippen LogP contribution in [0.5, 0.6) is 0 Å². The lowest BCUT2D eigenvalue weighted by atomic mass is 10.2. The van der Waals surface area contributed by atoms with E-state index in [1.165, 1.54) is 6.07 Å². The summed E-state index contributed by atoms with van der Waals surface area (Å²) in [6.07, 6.45) is 0. The average molecular weight is 319 g/mol. The Kier molecular flexibility index (Phi) is 3.26. The van der Waals surface area contributed by atoms with Crippen molar-refractivity contribution in [3.05, 3.63) is 57.1 Å². The second-order valence-electron chi connectivity index (χ2n) is 4.43. The summed E-state index contributed by atoms with van der Waals surface area (Å²) in [5.74, 6) is -1.16. The number of nitro benzene ring substituents is 1. The van der Waals surface area contributed by atoms with Crippen LogP contribution in [0.2, 0.25) is 5.02 Å². The molecule has 3 rings (SSSR count). The van der Waals surface area contributed by atoms with Gasteiger partial charge in [-0.3, -0.25) is 10.1 Å². The molecule has 3 aromatic rings. The van der Waals surface area contributed by atoms with Gasteiger partial charge in [0.05, 0.1) is 4.92 Å². The molecule has 0 aliphatic heterocycles. The highest BCUT2D eigenvalue weighted by Crippen LogP contribution is 2.30. The van der Waals surface area contributed by atoms with Crippen LogP contribution in [0, 0.1) is 10.1 Å². The van der Waals surface area contributed by atoms with Crippen LogP contribution in [0.4, 0.5) is 5.69 Å². The lowest BCUT2D eigenvalue weighted by Gasteiger charge is -1.96. The Morgan fingerprint density at radius 3 is 2.55 bits per heavy atom. The minimum atomic E-state index is -1.33. The van der Waals surface area contributed by atoms with Gasteiger partial charge in [0.15, 0.2) is 5.58 Å². The fourth-order valence-electron chi connectivity index (χ4n) is 2.00. The van der Waals surface area contributed by atoms with Gasteiger partial charge in [-0.1, -0.05) is 11.6 Å². The Bertz CT molecular complexity index is 901. The highest BCUT2D eigenvalue weighted by molar-refractivity contribution is 6.30. The summed E-state index contributed by atoms with van der Waals surface area (Å²) < 4.78 is 5.46. The first-order valence-electron chi connectivity index (χ1n) is 6.04. The Hall–Kier alpha value is -2.93. The molecule has 0 saturated heterocycles. The number of rotatable bonds is 3. The number of carboxylic acids is 1. The van der Waals surface area contributed by atoms with E-state index in [1.54, 1.807) is 24.3 Å². The van der Waals surface area contributed by atoms with Gasteiger partial charge < -0.3 is 9.52 Å². The zero-order valence-corrected chi connectivity index (χ0v) is 11.6. The van der Waals surface area contributed by atoms with Gasteiger partial charge in [0.2, 0.25) is 5.89 Å². The first kappa shape index (κ1) is 14.0. The van der Waals surface area contributed by atoms with Crippen molar-refractivity contribution in [2.24, 2.45) is 0 Å². The molecule has 110 valence electrons. The maximum absolute atomic E-state index is 11.3. The number of benzene rings is 2. The van der Waals surface area contributed by atoms with Crippen LogP contribution in [0.3, 0.4) is 0 Å². The molecule has 7 nitrogen and oxygen atoms in total. The summed E-state index contributed by atoms with van der Waals surface area (Å²) in [6, 6.07) is 8.69. The summed E-state index contributed by atoms with van der Waals surface area (Å²) in [6.45, 7) is 0. The number of carboxylic acid groups (broad SMARTS) is 1. The molecule has 0 spiro atoms. The molecule has 0 amide bonds. The number of fused-ring (bicyclic) bond motifs is 1. The minimum Gasteiger partial charge on any atom is -0.478 e. The van der Waals surface area contributed by atoms with Gasteiger partial charge >= 0.3 is 5.97 Å². The van der Waals surface area contributed by atoms with Gasteiger partial charge in [-0.05, 0) is 24.3 Å². The highest BCUT2D eigenvalue weighted by atomic mass is 35.5. The van der Waals surface area contributed by atoms with Gasteiger partial charge in [-0.15, -0.1) is 0 Å². The lowest BCUT2D eigenvalue weighted by Crippen LogP contribution is -1.99. The van der Waals surface area contributed by atoms with E-state index in [4.69, 9.17) is 16.0 Å². The average Bonchev–Trinajstić information content (AvgIpc) is 2.90. The van der Waals surface area contributed by atoms with Gasteiger partial charge in [-0.25, -0.2) is 9.78 Å². The molecule has 2 aromatic carbocycles. The van der Waals surface area contributed by atoms with Crippen molar-refractivity contribution in [1.82, 2.24) is 4.98 Å². The van der Waals surface area contributed by atoms with Crippen LogP contribution in [0.15, 0.2) is 40.8 Å². The first-order chi connectivity index (χ1) is 10.5. The molecule has 0 aliphatic carbocycles. The number of hydrogen-bond acceptors (Lipinski definition) is 5. The van der Waals surface area contributed by atoms with E-state index < -0.39 is 10.9 Å². The van der Waals surface area contributed by atoms with Crippen molar-refractivity contribution >= 4 is 34.4 Å². The SMILES string of the molecule is O=C(O)c1cc([N+](=O)[O-])cc2nc(-c3ccc(Cl)cc3)oc12. The fraction of sp³-hybridized carbons (Fsp3) is 0. The van der Waals surface area contributed by atoms with Crippen molar-refractivity contribution < 1.29 is 19.2 Å². The maximum Gasteiger partial charge on any atom is 0.339 e. The predicted octanol–water partition coefficient (Wildman–Crippen LogP) is 3.75. The molecule has 1 heterocycles. The molecule has 1 N–H and O–H groups in total. The number of halogens is 1. The van der Waals surface area contributed by atoms with Crippen molar-refractivity contribution in [3.63, 3.8) is 0 Å². The molecule has 1 aromatic heterocycles. The number of aromatic nitrogens is 1. The molecule has 0 fully saturated rings. The zero-order chi connectivity index (χ0) is 15.9. The van der Waals surface area contributed by atoms with E-state index in [1.807, 2.05) is 0 Å². The largest absolute Gasteiger partial charge is 0.478 e. The molecular weight excluding hydrogens is 312 g/mol.